The number of hydrogen-bond acceptors (Lipinski definition) is 32. The van der Waals surface area contributed by atoms with E-state index in [1.165, 1.54) is 42.6 Å². The van der Waals surface area contributed by atoms with Gasteiger partial charge in [0, 0.05) is 145 Å². The maximum Gasteiger partial charge on any atom is 0.472 e. The van der Waals surface area contributed by atoms with Gasteiger partial charge in [-0.05, 0) is 77.0 Å². The van der Waals surface area contributed by atoms with Crippen molar-refractivity contribution in [1.29, 1.82) is 0 Å². The standard InChI is InChI=1S/C76H138N6O34P2/c1-53(87)77-65-71(99)68(96)59(50-84)114-74(65)107-42-23-11-17-29-56(90)26-14-5-8-20-32-62(93)80(35-41-83)37-46-110-117(102,103)112-48-39-82(64(95)34-22-10-7-16-28-58(92)31-19-13-25-44-109-76-67(79-55(3)89)73(101)70(98)61(52-86)116-76)40-49-113-118(104,105)111-47-38-81(36-45-106-4)63(94)33-21-9-6-15-27-57(91)30-18-12-24-43-108-75-66(78-54(2)88)72(100)69(97)60(51-85)115-75/h59-61,65-76,83-86,96-101H,5-52H2,1-4H3,(H,77,87)(H,78,88)(H,79,89)(H,102,103)(H,104,105). The second kappa shape index (κ2) is 61.6. The molecule has 3 fully saturated rings. The first-order valence-electron chi connectivity index (χ1n) is 41.6. The highest BCUT2D eigenvalue weighted by Gasteiger charge is 2.48. The van der Waals surface area contributed by atoms with Crippen molar-refractivity contribution in [3.63, 3.8) is 0 Å². The van der Waals surface area contributed by atoms with Crippen molar-refractivity contribution in [2.45, 2.75) is 305 Å². The quantitative estimate of drug-likeness (QED) is 0.0294. The van der Waals surface area contributed by atoms with Crippen LogP contribution in [0.15, 0.2) is 0 Å². The fraction of sp³-hybridized carbons (Fsp3) is 0.882. The van der Waals surface area contributed by atoms with Gasteiger partial charge in [0.25, 0.3) is 0 Å². The Morgan fingerprint density at radius 1 is 0.322 bits per heavy atom. The SMILES string of the molecule is COCCN(CCOP(=O)(O)OCCN(CCOP(=O)(O)OCCN(CCO)C(=O)CCCCCCC(=O)CCCCCOC1OC(CO)C(O)C(O)C1NC(C)=O)C(=O)CCCCCCC(=O)CCCCCOC1OC(CO)C(O)C(O)C1NC(C)=O)C(=O)CCCCCCC(=O)CCCCCOC1OC(CO)C(O)C(O)C1NC(C)=O. The summed E-state index contributed by atoms with van der Waals surface area (Å²) in [6.07, 6.45) is -0.978. The number of unbranched alkanes of at least 4 members (excludes halogenated alkanes) is 15. The largest absolute Gasteiger partial charge is 0.472 e. The van der Waals surface area contributed by atoms with E-state index in [0.29, 0.717) is 173 Å². The highest BCUT2D eigenvalue weighted by molar-refractivity contribution is 7.47. The molecule has 0 aromatic heterocycles. The first-order valence-corrected chi connectivity index (χ1v) is 44.6. The minimum Gasteiger partial charge on any atom is -0.395 e. The van der Waals surface area contributed by atoms with Crippen molar-refractivity contribution >= 4 is 68.4 Å². The molecular weight excluding hydrogens is 1600 g/mol. The van der Waals surface area contributed by atoms with E-state index in [-0.39, 0.29) is 114 Å². The first-order chi connectivity index (χ1) is 56.3. The van der Waals surface area contributed by atoms with Gasteiger partial charge in [-0.2, -0.15) is 0 Å². The lowest BCUT2D eigenvalue weighted by Gasteiger charge is -2.42. The lowest BCUT2D eigenvalue weighted by molar-refractivity contribution is -0.270. The van der Waals surface area contributed by atoms with Crippen LogP contribution >= 0.6 is 15.6 Å². The van der Waals surface area contributed by atoms with Gasteiger partial charge >= 0.3 is 15.6 Å². The Kier molecular flexibility index (Phi) is 56.2. The smallest absolute Gasteiger partial charge is 0.395 e. The molecule has 42 heteroatoms. The van der Waals surface area contributed by atoms with Crippen LogP contribution in [0.3, 0.4) is 0 Å². The zero-order valence-corrected chi connectivity index (χ0v) is 71.0. The van der Waals surface area contributed by atoms with Crippen molar-refractivity contribution < 1.29 is 164 Å². The summed E-state index contributed by atoms with van der Waals surface area (Å²) in [6.45, 7) is -0.675. The second-order valence-electron chi connectivity index (χ2n) is 29.8. The van der Waals surface area contributed by atoms with Gasteiger partial charge in [0.05, 0.1) is 59.5 Å². The van der Waals surface area contributed by atoms with Crippen molar-refractivity contribution in [2.75, 3.05) is 126 Å². The van der Waals surface area contributed by atoms with Crippen molar-refractivity contribution in [3.05, 3.63) is 0 Å². The van der Waals surface area contributed by atoms with Gasteiger partial charge in [0.1, 0.15) is 90.4 Å². The van der Waals surface area contributed by atoms with E-state index in [9.17, 15) is 113 Å². The van der Waals surface area contributed by atoms with E-state index in [1.807, 2.05) is 0 Å². The van der Waals surface area contributed by atoms with Gasteiger partial charge in [-0.15, -0.1) is 0 Å². The Bertz CT molecular complexity index is 2980. The molecule has 17 atom stereocenters. The molecule has 3 aliphatic heterocycles. The molecule has 17 unspecified atom stereocenters. The number of phosphoric ester groups is 2. The molecule has 3 heterocycles. The number of rotatable bonds is 69. The zero-order valence-electron chi connectivity index (χ0n) is 69.2. The van der Waals surface area contributed by atoms with Crippen molar-refractivity contribution in [1.82, 2.24) is 30.7 Å². The molecule has 6 amide bonds. The topological polar surface area (TPSA) is 578 Å². The van der Waals surface area contributed by atoms with Crippen LogP contribution in [0.1, 0.15) is 213 Å². The summed E-state index contributed by atoms with van der Waals surface area (Å²) < 4.78 is 86.3. The Morgan fingerprint density at radius 3 is 0.780 bits per heavy atom. The highest BCUT2D eigenvalue weighted by atomic mass is 31.2. The Hall–Kier alpha value is -4.63. The van der Waals surface area contributed by atoms with Crippen LogP contribution in [0.25, 0.3) is 0 Å². The number of amides is 6. The molecule has 118 heavy (non-hydrogen) atoms. The maximum absolute atomic E-state index is 13.7. The van der Waals surface area contributed by atoms with E-state index in [2.05, 4.69) is 16.0 Å². The van der Waals surface area contributed by atoms with E-state index < -0.39 is 184 Å². The third-order valence-corrected chi connectivity index (χ3v) is 22.2. The molecular formula is C76H138N6O34P2. The fourth-order valence-electron chi connectivity index (χ4n) is 13.5. The van der Waals surface area contributed by atoms with Gasteiger partial charge in [0.2, 0.25) is 35.4 Å². The summed E-state index contributed by atoms with van der Waals surface area (Å²) >= 11 is 0. The first kappa shape index (κ1) is 108. The molecule has 0 radical (unpaired) electrons. The molecule has 0 aromatic carbocycles. The van der Waals surface area contributed by atoms with Gasteiger partial charge < -0.3 is 125 Å². The number of Topliss-reactive ketones (excluding diaryl/α,β-unsaturated/α-hetero) is 3. The summed E-state index contributed by atoms with van der Waals surface area (Å²) in [4.78, 5) is 139. The zero-order chi connectivity index (χ0) is 87.4. The molecule has 0 aliphatic carbocycles. The van der Waals surface area contributed by atoms with Crippen LogP contribution in [-0.2, 0) is 104 Å². The number of nitrogens with zero attached hydrogens (tertiary/aromatic N) is 3. The number of aliphatic hydroxyl groups excluding tert-OH is 10. The molecule has 3 rings (SSSR count). The Morgan fingerprint density at radius 2 is 0.551 bits per heavy atom. The maximum atomic E-state index is 13.7. The average Bonchev–Trinajstić information content (AvgIpc) is 0.818. The van der Waals surface area contributed by atoms with Gasteiger partial charge in [0.15, 0.2) is 18.9 Å². The number of ether oxygens (including phenoxy) is 7. The van der Waals surface area contributed by atoms with E-state index >= 15 is 0 Å². The fourth-order valence-corrected chi connectivity index (χ4v) is 14.9. The number of hydrogen-bond donors (Lipinski definition) is 15. The van der Waals surface area contributed by atoms with Gasteiger partial charge in [-0.25, -0.2) is 9.13 Å². The summed E-state index contributed by atoms with van der Waals surface area (Å²) in [5.41, 5.74) is 0. The Balaban J connectivity index is 1.44. The summed E-state index contributed by atoms with van der Waals surface area (Å²) in [6, 6.07) is -3.17. The second-order valence-corrected chi connectivity index (χ2v) is 32.7. The van der Waals surface area contributed by atoms with E-state index in [4.69, 9.17) is 51.3 Å². The molecule has 3 saturated heterocycles. The number of methoxy groups -OCH3 is 1. The van der Waals surface area contributed by atoms with Gasteiger partial charge in [-0.1, -0.05) is 57.8 Å². The third kappa shape index (κ3) is 44.6. The number of aliphatic hydroxyl groups is 10. The van der Waals surface area contributed by atoms with E-state index in [0.717, 1.165) is 0 Å². The number of nitrogens with one attached hydrogen (secondary N) is 3. The Labute approximate surface area is 691 Å². The third-order valence-electron chi connectivity index (χ3n) is 20.1. The minimum absolute atomic E-state index is 0.0333. The summed E-state index contributed by atoms with van der Waals surface area (Å²) in [5, 5.41) is 108. The number of carbonyl (C=O) groups is 9. The predicted molar refractivity (Wildman–Crippen MR) is 420 cm³/mol. The lowest BCUT2D eigenvalue weighted by atomic mass is 9.97. The summed E-state index contributed by atoms with van der Waals surface area (Å²) in [5.74, 6) is -2.32. The lowest BCUT2D eigenvalue weighted by Crippen LogP contribution is -2.64. The molecule has 0 saturated carbocycles. The number of phosphoric acid groups is 2. The average molecular weight is 1740 g/mol. The normalized spacial score (nSPS) is 24.3. The van der Waals surface area contributed by atoms with Crippen LogP contribution in [0.2, 0.25) is 0 Å². The van der Waals surface area contributed by atoms with Crippen LogP contribution in [0, 0.1) is 0 Å². The highest BCUT2D eigenvalue weighted by Crippen LogP contribution is 2.44. The van der Waals surface area contributed by atoms with Crippen LogP contribution in [-0.4, -0.2) is 346 Å². The summed E-state index contributed by atoms with van der Waals surface area (Å²) in [7, 11) is -8.20. The van der Waals surface area contributed by atoms with Crippen molar-refractivity contribution in [3.8, 4) is 0 Å². The molecule has 40 nitrogen and oxygen atoms in total. The van der Waals surface area contributed by atoms with Crippen molar-refractivity contribution in [2.24, 2.45) is 0 Å². The van der Waals surface area contributed by atoms with Crippen LogP contribution < -0.4 is 16.0 Å². The van der Waals surface area contributed by atoms with Crippen LogP contribution in [0.5, 0.6) is 0 Å². The molecule has 0 aromatic rings. The molecule has 3 aliphatic rings. The monoisotopic (exact) mass is 1740 g/mol. The molecule has 0 bridgehead atoms. The number of ketones is 3. The molecule has 0 spiro atoms. The predicted octanol–water partition coefficient (Wildman–Crippen LogP) is 0.669. The number of carbonyl (C=O) groups excluding carboxylic acids is 9. The van der Waals surface area contributed by atoms with E-state index in [1.54, 1.807) is 0 Å². The van der Waals surface area contributed by atoms with Crippen LogP contribution in [0.4, 0.5) is 0 Å². The van der Waals surface area contributed by atoms with Gasteiger partial charge in [-0.3, -0.25) is 61.2 Å². The minimum atomic E-state index is -4.84. The molecule has 686 valence electrons. The molecule has 15 N–H and O–H groups in total.